The lowest BCUT2D eigenvalue weighted by Crippen LogP contribution is -2.52. The van der Waals surface area contributed by atoms with E-state index in [1.807, 2.05) is 0 Å². The molecule has 0 aromatic carbocycles. The Hall–Kier alpha value is -3.84. The van der Waals surface area contributed by atoms with Gasteiger partial charge >= 0.3 is 11.9 Å². The molecule has 186 valence electrons. The molecule has 0 spiro atoms. The number of amides is 2. The van der Waals surface area contributed by atoms with Crippen LogP contribution in [0.5, 0.6) is 0 Å². The summed E-state index contributed by atoms with van der Waals surface area (Å²) in [7, 11) is 0. The third-order valence-corrected chi connectivity index (χ3v) is 4.24. The molecule has 33 heavy (non-hydrogen) atoms. The van der Waals surface area contributed by atoms with Crippen molar-refractivity contribution in [3.05, 3.63) is 12.2 Å². The molecule has 0 bridgehead atoms. The molecule has 0 unspecified atom stereocenters. The summed E-state index contributed by atoms with van der Waals surface area (Å²) in [6.07, 6.45) is 5.36. The number of hydrogen-bond donors (Lipinski definition) is 10. The molecule has 0 radical (unpaired) electrons. The van der Waals surface area contributed by atoms with Crippen LogP contribution in [-0.4, -0.2) is 71.1 Å². The smallest absolute Gasteiger partial charge is 0.326 e. The summed E-state index contributed by atoms with van der Waals surface area (Å²) >= 11 is 0. The summed E-state index contributed by atoms with van der Waals surface area (Å²) in [5.41, 5.74) is 10.3. The second kappa shape index (κ2) is 16.8. The van der Waals surface area contributed by atoms with Gasteiger partial charge < -0.3 is 42.9 Å². The Kier molecular flexibility index (Phi) is 14.8. The highest BCUT2D eigenvalue weighted by Crippen LogP contribution is 2.02. The first-order chi connectivity index (χ1) is 15.5. The number of carboxylic acids is 2. The van der Waals surface area contributed by atoms with E-state index in [9.17, 15) is 24.3 Å². The average Bonchev–Trinajstić information content (AvgIpc) is 2.70. The molecule has 0 rings (SSSR count). The van der Waals surface area contributed by atoms with Crippen LogP contribution in [0.1, 0.15) is 44.9 Å². The van der Waals surface area contributed by atoms with E-state index >= 15 is 0 Å². The maximum absolute atomic E-state index is 12.4. The number of aliphatic carboxylic acids is 2. The Morgan fingerprint density at radius 1 is 0.848 bits per heavy atom. The number of carbonyl (C=O) groups excluding carboxylic acids is 2. The van der Waals surface area contributed by atoms with Gasteiger partial charge in [0, 0.05) is 13.1 Å². The molecular weight excluding hydrogens is 436 g/mol. The molecule has 2 amide bonds. The van der Waals surface area contributed by atoms with E-state index in [-0.39, 0.29) is 31.3 Å². The van der Waals surface area contributed by atoms with Gasteiger partial charge in [0.1, 0.15) is 12.1 Å². The second-order valence-corrected chi connectivity index (χ2v) is 7.13. The van der Waals surface area contributed by atoms with E-state index in [1.54, 1.807) is 6.08 Å². The maximum Gasteiger partial charge on any atom is 0.326 e. The molecule has 0 heterocycles. The number of hydrogen-bond acceptors (Lipinski definition) is 6. The second-order valence-electron chi connectivity index (χ2n) is 7.13. The zero-order valence-corrected chi connectivity index (χ0v) is 18.4. The van der Waals surface area contributed by atoms with E-state index in [0.29, 0.717) is 13.0 Å². The maximum atomic E-state index is 12.4. The van der Waals surface area contributed by atoms with Gasteiger partial charge in [-0.3, -0.25) is 25.2 Å². The van der Waals surface area contributed by atoms with Gasteiger partial charge in [0.15, 0.2) is 11.9 Å². The van der Waals surface area contributed by atoms with Crippen molar-refractivity contribution in [3.8, 4) is 0 Å². The molecule has 0 fully saturated rings. The first-order valence-electron chi connectivity index (χ1n) is 10.4. The van der Waals surface area contributed by atoms with Gasteiger partial charge in [0.05, 0.1) is 6.42 Å². The molecule has 0 aromatic rings. The number of rotatable bonds is 17. The Morgan fingerprint density at radius 2 is 1.45 bits per heavy atom. The normalized spacial score (nSPS) is 12.4. The predicted octanol–water partition coefficient (Wildman–Crippen LogP) is -1.62. The van der Waals surface area contributed by atoms with Crippen molar-refractivity contribution < 1.29 is 29.4 Å². The number of nitrogens with one attached hydrogen (secondary N) is 6. The van der Waals surface area contributed by atoms with Crippen LogP contribution in [0.15, 0.2) is 12.2 Å². The molecule has 0 saturated carbocycles. The Bertz CT molecular complexity index is 727. The molecule has 14 nitrogen and oxygen atoms in total. The van der Waals surface area contributed by atoms with Gasteiger partial charge in [0.2, 0.25) is 11.8 Å². The molecule has 0 aliphatic heterocycles. The summed E-state index contributed by atoms with van der Waals surface area (Å²) in [4.78, 5) is 47.0. The lowest BCUT2D eigenvalue weighted by Gasteiger charge is -2.20. The standard InChI is InChI=1S/C19H34N8O6/c20-18(21)24-9-5-3-1-2-4-8-14(28)26-13(11-15(29)30)16(31)27-12(17(32)33)7-6-10-25-19(22)23/h4,8,12-13H,1-3,5-7,9-11H2,(H,26,28)(H,27,31)(H,29,30)(H,32,33)(H4,20,21,24)(H4,22,23,25)/t12-,13-/m0/s1. The lowest BCUT2D eigenvalue weighted by molar-refractivity contribution is -0.143. The fourth-order valence-electron chi connectivity index (χ4n) is 2.64. The van der Waals surface area contributed by atoms with Gasteiger partial charge in [-0.05, 0) is 38.2 Å². The van der Waals surface area contributed by atoms with Crippen LogP contribution < -0.4 is 32.7 Å². The third-order valence-electron chi connectivity index (χ3n) is 4.24. The summed E-state index contributed by atoms with van der Waals surface area (Å²) in [5.74, 6) is -4.61. The number of allylic oxidation sites excluding steroid dienone is 1. The van der Waals surface area contributed by atoms with Crippen molar-refractivity contribution in [2.75, 3.05) is 13.1 Å². The Morgan fingerprint density at radius 3 is 2.00 bits per heavy atom. The summed E-state index contributed by atoms with van der Waals surface area (Å²) in [5, 5.41) is 42.1. The zero-order chi connectivity index (χ0) is 25.2. The quantitative estimate of drug-likeness (QED) is 0.0502. The Labute approximate surface area is 191 Å². The summed E-state index contributed by atoms with van der Waals surface area (Å²) in [6, 6.07) is -2.75. The molecule has 14 heteroatoms. The average molecular weight is 471 g/mol. The molecule has 0 aliphatic rings. The minimum Gasteiger partial charge on any atom is -0.481 e. The fraction of sp³-hybridized carbons (Fsp3) is 0.579. The van der Waals surface area contributed by atoms with Crippen molar-refractivity contribution in [3.63, 3.8) is 0 Å². The van der Waals surface area contributed by atoms with Crippen LogP contribution in [0, 0.1) is 10.8 Å². The number of nitrogens with two attached hydrogens (primary N) is 2. The van der Waals surface area contributed by atoms with Crippen molar-refractivity contribution in [1.82, 2.24) is 21.3 Å². The fourth-order valence-corrected chi connectivity index (χ4v) is 2.64. The number of guanidine groups is 2. The van der Waals surface area contributed by atoms with Crippen molar-refractivity contribution in [2.24, 2.45) is 11.5 Å². The molecule has 0 aliphatic carbocycles. The molecule has 12 N–H and O–H groups in total. The van der Waals surface area contributed by atoms with E-state index in [1.165, 1.54) is 6.08 Å². The zero-order valence-electron chi connectivity index (χ0n) is 18.4. The molecule has 0 saturated heterocycles. The van der Waals surface area contributed by atoms with Gasteiger partial charge in [-0.1, -0.05) is 12.5 Å². The first-order valence-corrected chi connectivity index (χ1v) is 10.4. The number of unbranched alkanes of at least 4 members (excludes halogenated alkanes) is 3. The Balaban J connectivity index is 4.64. The first kappa shape index (κ1) is 29.2. The monoisotopic (exact) mass is 470 g/mol. The van der Waals surface area contributed by atoms with Crippen molar-refractivity contribution in [1.29, 1.82) is 10.8 Å². The lowest BCUT2D eigenvalue weighted by atomic mass is 10.1. The SMILES string of the molecule is N=C(N)NCCCCCC=CC(=O)N[C@@H](CC(=O)O)C(=O)N[C@@H](CCCNC(=N)N)C(=O)O. The topological polar surface area (TPSA) is 257 Å². The van der Waals surface area contributed by atoms with Crippen LogP contribution in [0.4, 0.5) is 0 Å². The molecular formula is C19H34N8O6. The summed E-state index contributed by atoms with van der Waals surface area (Å²) < 4.78 is 0. The third kappa shape index (κ3) is 16.5. The van der Waals surface area contributed by atoms with Crippen LogP contribution in [-0.2, 0) is 19.2 Å². The van der Waals surface area contributed by atoms with Crippen molar-refractivity contribution in [2.45, 2.75) is 57.0 Å². The molecule has 0 aromatic heterocycles. The number of carboxylic acid groups (broad SMARTS) is 2. The summed E-state index contributed by atoms with van der Waals surface area (Å²) in [6.45, 7) is 0.804. The van der Waals surface area contributed by atoms with Crippen LogP contribution in [0.3, 0.4) is 0 Å². The minimum atomic E-state index is -1.45. The predicted molar refractivity (Wildman–Crippen MR) is 120 cm³/mol. The number of carbonyl (C=O) groups is 4. The van der Waals surface area contributed by atoms with E-state index in [4.69, 9.17) is 27.4 Å². The largest absolute Gasteiger partial charge is 0.481 e. The van der Waals surface area contributed by atoms with Gasteiger partial charge in [0.25, 0.3) is 0 Å². The van der Waals surface area contributed by atoms with Crippen LogP contribution >= 0.6 is 0 Å². The molecule has 2 atom stereocenters. The highest BCUT2D eigenvalue weighted by Gasteiger charge is 2.27. The van der Waals surface area contributed by atoms with Gasteiger partial charge in [-0.15, -0.1) is 0 Å². The van der Waals surface area contributed by atoms with Crippen molar-refractivity contribution >= 4 is 35.7 Å². The highest BCUT2D eigenvalue weighted by molar-refractivity contribution is 5.95. The van der Waals surface area contributed by atoms with E-state index < -0.39 is 42.3 Å². The van der Waals surface area contributed by atoms with E-state index in [0.717, 1.165) is 19.3 Å². The highest BCUT2D eigenvalue weighted by atomic mass is 16.4. The van der Waals surface area contributed by atoms with Crippen LogP contribution in [0.2, 0.25) is 0 Å². The van der Waals surface area contributed by atoms with E-state index in [2.05, 4.69) is 21.3 Å². The van der Waals surface area contributed by atoms with Crippen LogP contribution in [0.25, 0.3) is 0 Å². The minimum absolute atomic E-state index is 0.0108. The van der Waals surface area contributed by atoms with Gasteiger partial charge in [-0.2, -0.15) is 0 Å². The van der Waals surface area contributed by atoms with Gasteiger partial charge in [-0.25, -0.2) is 4.79 Å².